The number of ether oxygens (including phenoxy) is 1. The van der Waals surface area contributed by atoms with E-state index in [1.165, 1.54) is 7.11 Å². The summed E-state index contributed by atoms with van der Waals surface area (Å²) in [5.74, 6) is 0.743. The Hall–Kier alpha value is -1.75. The first-order valence-corrected chi connectivity index (χ1v) is 6.05. The molecule has 0 spiro atoms. The Morgan fingerprint density at radius 2 is 2.39 bits per heavy atom. The SMILES string of the molecule is COc1ccc(CNC2CCC(=O)NC2)cc1O. The number of rotatable bonds is 4. The molecule has 1 aromatic carbocycles. The van der Waals surface area contributed by atoms with Crippen LogP contribution in [0.25, 0.3) is 0 Å². The van der Waals surface area contributed by atoms with Crippen LogP contribution in [0.4, 0.5) is 0 Å². The summed E-state index contributed by atoms with van der Waals surface area (Å²) in [7, 11) is 1.53. The first kappa shape index (κ1) is 12.7. The van der Waals surface area contributed by atoms with Gasteiger partial charge in [-0.2, -0.15) is 0 Å². The van der Waals surface area contributed by atoms with E-state index in [4.69, 9.17) is 4.74 Å². The molecule has 1 unspecified atom stereocenters. The van der Waals surface area contributed by atoms with E-state index in [0.29, 0.717) is 31.3 Å². The van der Waals surface area contributed by atoms with E-state index in [1.54, 1.807) is 12.1 Å². The first-order chi connectivity index (χ1) is 8.69. The highest BCUT2D eigenvalue weighted by Gasteiger charge is 2.17. The molecule has 98 valence electrons. The molecule has 1 aliphatic heterocycles. The predicted molar refractivity (Wildman–Crippen MR) is 67.5 cm³/mol. The van der Waals surface area contributed by atoms with Gasteiger partial charge in [-0.3, -0.25) is 4.79 Å². The topological polar surface area (TPSA) is 70.6 Å². The third-order valence-corrected chi connectivity index (χ3v) is 3.10. The minimum atomic E-state index is 0.121. The molecule has 0 bridgehead atoms. The molecule has 5 heteroatoms. The molecule has 3 N–H and O–H groups in total. The molecule has 1 aromatic rings. The first-order valence-electron chi connectivity index (χ1n) is 6.05. The molecule has 1 fully saturated rings. The number of aromatic hydroxyl groups is 1. The van der Waals surface area contributed by atoms with Gasteiger partial charge in [-0.25, -0.2) is 0 Å². The molecule has 2 rings (SSSR count). The fourth-order valence-electron chi connectivity index (χ4n) is 2.01. The average molecular weight is 250 g/mol. The van der Waals surface area contributed by atoms with Crippen molar-refractivity contribution in [1.82, 2.24) is 10.6 Å². The molecular formula is C13H18N2O3. The van der Waals surface area contributed by atoms with E-state index < -0.39 is 0 Å². The van der Waals surface area contributed by atoms with E-state index in [1.807, 2.05) is 6.07 Å². The summed E-state index contributed by atoms with van der Waals surface area (Å²) in [4.78, 5) is 11.0. The highest BCUT2D eigenvalue weighted by atomic mass is 16.5. The van der Waals surface area contributed by atoms with Crippen LogP contribution in [0.15, 0.2) is 18.2 Å². The number of hydrogen-bond donors (Lipinski definition) is 3. The third kappa shape index (κ3) is 3.13. The highest BCUT2D eigenvalue weighted by Crippen LogP contribution is 2.26. The second-order valence-corrected chi connectivity index (χ2v) is 4.43. The van der Waals surface area contributed by atoms with Gasteiger partial charge in [-0.15, -0.1) is 0 Å². The number of carbonyl (C=O) groups excluding carboxylic acids is 1. The number of amides is 1. The minimum absolute atomic E-state index is 0.121. The second-order valence-electron chi connectivity index (χ2n) is 4.43. The largest absolute Gasteiger partial charge is 0.504 e. The van der Waals surface area contributed by atoms with Gasteiger partial charge in [0.1, 0.15) is 0 Å². The lowest BCUT2D eigenvalue weighted by molar-refractivity contribution is -0.122. The van der Waals surface area contributed by atoms with Crippen LogP contribution in [0.3, 0.4) is 0 Å². The van der Waals surface area contributed by atoms with Crippen molar-refractivity contribution in [1.29, 1.82) is 0 Å². The molecule has 18 heavy (non-hydrogen) atoms. The Labute approximate surface area is 106 Å². The Morgan fingerprint density at radius 3 is 3.00 bits per heavy atom. The van der Waals surface area contributed by atoms with Crippen molar-refractivity contribution in [2.45, 2.75) is 25.4 Å². The van der Waals surface area contributed by atoms with Crippen LogP contribution in [0.2, 0.25) is 0 Å². The number of phenols is 1. The van der Waals surface area contributed by atoms with E-state index in [2.05, 4.69) is 10.6 Å². The second kappa shape index (κ2) is 5.73. The van der Waals surface area contributed by atoms with Crippen molar-refractivity contribution < 1.29 is 14.6 Å². The number of hydrogen-bond acceptors (Lipinski definition) is 4. The third-order valence-electron chi connectivity index (χ3n) is 3.10. The van der Waals surface area contributed by atoms with Gasteiger partial charge in [0.25, 0.3) is 0 Å². The lowest BCUT2D eigenvalue weighted by Crippen LogP contribution is -2.45. The lowest BCUT2D eigenvalue weighted by atomic mass is 10.1. The van der Waals surface area contributed by atoms with Crippen molar-refractivity contribution in [3.8, 4) is 11.5 Å². The summed E-state index contributed by atoms with van der Waals surface area (Å²) in [6.07, 6.45) is 1.43. The average Bonchev–Trinajstić information content (AvgIpc) is 2.38. The summed E-state index contributed by atoms with van der Waals surface area (Å²) in [6, 6.07) is 5.64. The van der Waals surface area contributed by atoms with Crippen LogP contribution in [0.5, 0.6) is 11.5 Å². The zero-order chi connectivity index (χ0) is 13.0. The molecular weight excluding hydrogens is 232 g/mol. The zero-order valence-electron chi connectivity index (χ0n) is 10.4. The summed E-state index contributed by atoms with van der Waals surface area (Å²) >= 11 is 0. The normalized spacial score (nSPS) is 19.4. The Balaban J connectivity index is 1.86. The Kier molecular flexibility index (Phi) is 4.04. The predicted octanol–water partition coefficient (Wildman–Crippen LogP) is 0.769. The quantitative estimate of drug-likeness (QED) is 0.738. The number of methoxy groups -OCH3 is 1. The maximum atomic E-state index is 11.0. The number of phenolic OH excluding ortho intramolecular Hbond substituents is 1. The zero-order valence-corrected chi connectivity index (χ0v) is 10.4. The monoisotopic (exact) mass is 250 g/mol. The van der Waals surface area contributed by atoms with Crippen molar-refractivity contribution in [2.75, 3.05) is 13.7 Å². The molecule has 1 amide bonds. The summed E-state index contributed by atoms with van der Waals surface area (Å²) < 4.78 is 4.99. The van der Waals surface area contributed by atoms with Gasteiger partial charge in [-0.05, 0) is 24.1 Å². The number of nitrogens with one attached hydrogen (secondary N) is 2. The molecule has 0 saturated carbocycles. The van der Waals surface area contributed by atoms with Crippen LogP contribution in [0.1, 0.15) is 18.4 Å². The van der Waals surface area contributed by atoms with E-state index in [9.17, 15) is 9.90 Å². The maximum Gasteiger partial charge on any atom is 0.220 e. The Bertz CT molecular complexity index is 424. The molecule has 1 heterocycles. The van der Waals surface area contributed by atoms with Gasteiger partial charge in [0.15, 0.2) is 11.5 Å². The van der Waals surface area contributed by atoms with Crippen molar-refractivity contribution in [2.24, 2.45) is 0 Å². The highest BCUT2D eigenvalue weighted by molar-refractivity contribution is 5.76. The van der Waals surface area contributed by atoms with E-state index in [-0.39, 0.29) is 11.7 Å². The van der Waals surface area contributed by atoms with Gasteiger partial charge in [-0.1, -0.05) is 6.07 Å². The fourth-order valence-corrected chi connectivity index (χ4v) is 2.01. The molecule has 0 radical (unpaired) electrons. The van der Waals surface area contributed by atoms with Crippen LogP contribution in [-0.2, 0) is 11.3 Å². The van der Waals surface area contributed by atoms with Gasteiger partial charge in [0.2, 0.25) is 5.91 Å². The van der Waals surface area contributed by atoms with Crippen molar-refractivity contribution in [3.05, 3.63) is 23.8 Å². The summed E-state index contributed by atoms with van der Waals surface area (Å²) in [6.45, 7) is 1.33. The minimum Gasteiger partial charge on any atom is -0.504 e. The number of carbonyl (C=O) groups is 1. The van der Waals surface area contributed by atoms with Gasteiger partial charge in [0, 0.05) is 25.6 Å². The van der Waals surface area contributed by atoms with E-state index >= 15 is 0 Å². The fraction of sp³-hybridized carbons (Fsp3) is 0.462. The van der Waals surface area contributed by atoms with Crippen LogP contribution in [0, 0.1) is 0 Å². The number of benzene rings is 1. The molecule has 1 saturated heterocycles. The molecule has 1 aliphatic rings. The maximum absolute atomic E-state index is 11.0. The summed E-state index contributed by atoms with van der Waals surface area (Å²) in [5, 5.41) is 15.8. The van der Waals surface area contributed by atoms with Crippen molar-refractivity contribution >= 4 is 5.91 Å². The Morgan fingerprint density at radius 1 is 1.56 bits per heavy atom. The van der Waals surface area contributed by atoms with Crippen LogP contribution >= 0.6 is 0 Å². The standard InChI is InChI=1S/C13H18N2O3/c1-18-12-4-2-9(6-11(12)16)7-14-10-3-5-13(17)15-8-10/h2,4,6,10,14,16H,3,5,7-8H2,1H3,(H,15,17). The smallest absolute Gasteiger partial charge is 0.220 e. The molecule has 0 aliphatic carbocycles. The molecule has 1 atom stereocenters. The van der Waals surface area contributed by atoms with Gasteiger partial charge < -0.3 is 20.5 Å². The van der Waals surface area contributed by atoms with E-state index in [0.717, 1.165) is 12.0 Å². The van der Waals surface area contributed by atoms with Gasteiger partial charge in [0.05, 0.1) is 7.11 Å². The summed E-state index contributed by atoms with van der Waals surface area (Å²) in [5.41, 5.74) is 0.991. The molecule has 0 aromatic heterocycles. The van der Waals surface area contributed by atoms with Crippen LogP contribution in [-0.4, -0.2) is 30.7 Å². The number of piperidine rings is 1. The van der Waals surface area contributed by atoms with Crippen molar-refractivity contribution in [3.63, 3.8) is 0 Å². The van der Waals surface area contributed by atoms with Crippen LogP contribution < -0.4 is 15.4 Å². The lowest BCUT2D eigenvalue weighted by Gasteiger charge is -2.23. The van der Waals surface area contributed by atoms with Gasteiger partial charge >= 0.3 is 0 Å². The molecule has 5 nitrogen and oxygen atoms in total.